The maximum atomic E-state index is 13.5. The number of hydrogen-bond acceptors (Lipinski definition) is 6. The standard InChI is InChI=1S/C23H29N5O3S.ClH/c1-15(2)11-12-27-18-19(25-21(27)32-23(3,4)14-24)26(5)22(31)28(20(18)30)13-17(29)16-9-7-6-8-10-16;/h6-11H,12-14,24H2,1-5H3;1H. The quantitative estimate of drug-likeness (QED) is 0.295. The summed E-state index contributed by atoms with van der Waals surface area (Å²) in [5.41, 5.74) is 6.92. The van der Waals surface area contributed by atoms with Crippen molar-refractivity contribution in [3.8, 4) is 0 Å². The first-order chi connectivity index (χ1) is 15.1. The monoisotopic (exact) mass is 491 g/mol. The van der Waals surface area contributed by atoms with Crippen LogP contribution in [0.5, 0.6) is 0 Å². The predicted molar refractivity (Wildman–Crippen MR) is 136 cm³/mol. The Bertz CT molecular complexity index is 1300. The van der Waals surface area contributed by atoms with Crippen LogP contribution in [0.3, 0.4) is 0 Å². The largest absolute Gasteiger partial charge is 0.332 e. The number of nitrogens with zero attached hydrogens (tertiary/aromatic N) is 4. The highest BCUT2D eigenvalue weighted by Gasteiger charge is 2.26. The van der Waals surface area contributed by atoms with Crippen LogP contribution >= 0.6 is 24.2 Å². The molecule has 0 saturated carbocycles. The lowest BCUT2D eigenvalue weighted by Gasteiger charge is -2.21. The van der Waals surface area contributed by atoms with Crippen molar-refractivity contribution in [3.05, 3.63) is 68.4 Å². The minimum atomic E-state index is -0.576. The molecule has 2 heterocycles. The number of fused-ring (bicyclic) bond motifs is 1. The summed E-state index contributed by atoms with van der Waals surface area (Å²) >= 11 is 1.46. The summed E-state index contributed by atoms with van der Waals surface area (Å²) in [7, 11) is 1.56. The Hall–Kier alpha value is -2.62. The lowest BCUT2D eigenvalue weighted by Crippen LogP contribution is -2.41. The fraction of sp³-hybridized carbons (Fsp3) is 0.391. The molecule has 3 aromatic rings. The molecule has 0 aliphatic heterocycles. The average Bonchev–Trinajstić information content (AvgIpc) is 3.11. The normalized spacial score (nSPS) is 11.3. The van der Waals surface area contributed by atoms with Crippen molar-refractivity contribution in [2.75, 3.05) is 6.54 Å². The Morgan fingerprint density at radius 1 is 1.15 bits per heavy atom. The number of rotatable bonds is 8. The van der Waals surface area contributed by atoms with Crippen LogP contribution in [-0.2, 0) is 20.1 Å². The number of aryl methyl sites for hydroxylation is 1. The number of imidazole rings is 1. The zero-order valence-electron chi connectivity index (χ0n) is 19.5. The van der Waals surface area contributed by atoms with E-state index in [0.717, 1.165) is 10.1 Å². The number of thioether (sulfide) groups is 1. The van der Waals surface area contributed by atoms with Gasteiger partial charge in [0.2, 0.25) is 0 Å². The van der Waals surface area contributed by atoms with Gasteiger partial charge >= 0.3 is 5.69 Å². The van der Waals surface area contributed by atoms with Gasteiger partial charge in [-0.2, -0.15) is 0 Å². The third kappa shape index (κ3) is 5.66. The molecule has 0 atom stereocenters. The number of aromatic nitrogens is 4. The highest BCUT2D eigenvalue weighted by atomic mass is 35.5. The Kier molecular flexibility index (Phi) is 8.51. The summed E-state index contributed by atoms with van der Waals surface area (Å²) in [6, 6.07) is 8.62. The van der Waals surface area contributed by atoms with Gasteiger partial charge in [-0.1, -0.05) is 53.7 Å². The molecule has 1 aromatic carbocycles. The van der Waals surface area contributed by atoms with Gasteiger partial charge in [0.25, 0.3) is 5.56 Å². The Labute approximate surface area is 202 Å². The second kappa shape index (κ2) is 10.5. The molecule has 0 bridgehead atoms. The molecule has 0 fully saturated rings. The molecule has 0 unspecified atom stereocenters. The van der Waals surface area contributed by atoms with Crippen LogP contribution in [-0.4, -0.2) is 35.8 Å². The fourth-order valence-electron chi connectivity index (χ4n) is 3.16. The number of ketones is 1. The van der Waals surface area contributed by atoms with Crippen molar-refractivity contribution in [1.29, 1.82) is 0 Å². The number of nitrogens with two attached hydrogens (primary N) is 1. The molecule has 0 amide bonds. The molecular weight excluding hydrogens is 462 g/mol. The predicted octanol–water partition coefficient (Wildman–Crippen LogP) is 3.00. The summed E-state index contributed by atoms with van der Waals surface area (Å²) in [4.78, 5) is 43.8. The highest BCUT2D eigenvalue weighted by Crippen LogP contribution is 2.32. The maximum Gasteiger partial charge on any atom is 0.332 e. The van der Waals surface area contributed by atoms with Gasteiger partial charge in [-0.3, -0.25) is 18.7 Å². The number of carbonyl (C=O) groups excluding carboxylic acids is 1. The molecule has 3 rings (SSSR count). The van der Waals surface area contributed by atoms with Gasteiger partial charge in [-0.05, 0) is 27.7 Å². The van der Waals surface area contributed by atoms with Crippen molar-refractivity contribution < 1.29 is 4.79 Å². The van der Waals surface area contributed by atoms with E-state index in [4.69, 9.17) is 5.73 Å². The first-order valence-electron chi connectivity index (χ1n) is 10.4. The summed E-state index contributed by atoms with van der Waals surface area (Å²) in [5.74, 6) is -0.307. The van der Waals surface area contributed by atoms with Crippen molar-refractivity contribution >= 4 is 41.1 Å². The lowest BCUT2D eigenvalue weighted by molar-refractivity contribution is 0.0969. The maximum absolute atomic E-state index is 13.5. The minimum absolute atomic E-state index is 0. The van der Waals surface area contributed by atoms with Crippen LogP contribution in [0.2, 0.25) is 0 Å². The van der Waals surface area contributed by atoms with Crippen LogP contribution in [0, 0.1) is 0 Å². The molecule has 2 N–H and O–H groups in total. The minimum Gasteiger partial charge on any atom is -0.329 e. The van der Waals surface area contributed by atoms with E-state index in [-0.39, 0.29) is 29.5 Å². The molecule has 2 aromatic heterocycles. The van der Waals surface area contributed by atoms with E-state index in [1.54, 1.807) is 41.9 Å². The fourth-order valence-corrected chi connectivity index (χ4v) is 4.15. The van der Waals surface area contributed by atoms with Crippen LogP contribution in [0.1, 0.15) is 38.1 Å². The smallest absolute Gasteiger partial charge is 0.329 e. The second-order valence-corrected chi connectivity index (χ2v) is 10.2. The van der Waals surface area contributed by atoms with Crippen LogP contribution < -0.4 is 17.0 Å². The summed E-state index contributed by atoms with van der Waals surface area (Å²) in [6.07, 6.45) is 1.99. The Balaban J connectivity index is 0.00000385. The first-order valence-corrected chi connectivity index (χ1v) is 11.2. The van der Waals surface area contributed by atoms with Gasteiger partial charge in [-0.25, -0.2) is 9.78 Å². The van der Waals surface area contributed by atoms with E-state index < -0.39 is 11.2 Å². The molecule has 33 heavy (non-hydrogen) atoms. The van der Waals surface area contributed by atoms with Crippen LogP contribution in [0.4, 0.5) is 0 Å². The number of hydrogen-bond donors (Lipinski definition) is 1. The van der Waals surface area contributed by atoms with Gasteiger partial charge in [0.15, 0.2) is 22.1 Å². The summed E-state index contributed by atoms with van der Waals surface area (Å²) in [5, 5.41) is 0.604. The van der Waals surface area contributed by atoms with Crippen LogP contribution in [0.25, 0.3) is 11.2 Å². The number of Topliss-reactive ketones (excluding diaryl/α,β-unsaturated/α-hetero) is 1. The average molecular weight is 492 g/mol. The molecule has 178 valence electrons. The van der Waals surface area contributed by atoms with Gasteiger partial charge in [0.1, 0.15) is 0 Å². The van der Waals surface area contributed by atoms with E-state index in [1.165, 1.54) is 16.3 Å². The number of allylic oxidation sites excluding steroid dienone is 2. The second-order valence-electron chi connectivity index (χ2n) is 8.55. The van der Waals surface area contributed by atoms with Crippen molar-refractivity contribution in [2.45, 2.75) is 50.7 Å². The van der Waals surface area contributed by atoms with E-state index in [9.17, 15) is 14.4 Å². The molecular formula is C23H30ClN5O3S. The highest BCUT2D eigenvalue weighted by molar-refractivity contribution is 8.00. The van der Waals surface area contributed by atoms with E-state index in [1.807, 2.05) is 33.8 Å². The number of benzene rings is 1. The third-order valence-corrected chi connectivity index (χ3v) is 6.35. The Morgan fingerprint density at radius 3 is 2.36 bits per heavy atom. The summed E-state index contributed by atoms with van der Waals surface area (Å²) in [6.45, 7) is 8.44. The third-order valence-electron chi connectivity index (χ3n) is 5.14. The summed E-state index contributed by atoms with van der Waals surface area (Å²) < 4.78 is 3.80. The number of carbonyl (C=O) groups is 1. The molecule has 0 aliphatic carbocycles. The molecule has 0 radical (unpaired) electrons. The molecule has 10 heteroatoms. The zero-order chi connectivity index (χ0) is 23.6. The Morgan fingerprint density at radius 2 is 1.79 bits per heavy atom. The molecule has 0 saturated heterocycles. The van der Waals surface area contributed by atoms with E-state index >= 15 is 0 Å². The first kappa shape index (κ1) is 26.6. The zero-order valence-corrected chi connectivity index (χ0v) is 21.1. The molecule has 0 aliphatic rings. The van der Waals surface area contributed by atoms with E-state index in [0.29, 0.717) is 35.0 Å². The molecule has 8 nitrogen and oxygen atoms in total. The van der Waals surface area contributed by atoms with Crippen molar-refractivity contribution in [3.63, 3.8) is 0 Å². The van der Waals surface area contributed by atoms with Gasteiger partial charge in [-0.15, -0.1) is 12.4 Å². The number of halogens is 1. The van der Waals surface area contributed by atoms with Gasteiger partial charge < -0.3 is 10.3 Å². The SMILES string of the molecule is CC(C)=CCn1c(SC(C)(C)CN)nc2c1c(=O)n(CC(=O)c1ccccc1)c(=O)n2C.Cl. The van der Waals surface area contributed by atoms with Gasteiger partial charge in [0.05, 0.1) is 6.54 Å². The van der Waals surface area contributed by atoms with E-state index in [2.05, 4.69) is 4.98 Å². The van der Waals surface area contributed by atoms with Crippen LogP contribution in [0.15, 0.2) is 56.7 Å². The molecule has 0 spiro atoms. The lowest BCUT2D eigenvalue weighted by atomic mass is 10.1. The van der Waals surface area contributed by atoms with Crippen molar-refractivity contribution in [1.82, 2.24) is 18.7 Å². The van der Waals surface area contributed by atoms with Gasteiger partial charge in [0, 0.05) is 30.4 Å². The topological polar surface area (TPSA) is 105 Å². The van der Waals surface area contributed by atoms with Crippen molar-refractivity contribution in [2.24, 2.45) is 12.8 Å².